The van der Waals surface area contributed by atoms with Crippen LogP contribution >= 0.6 is 11.3 Å². The molecule has 140 valence electrons. The second kappa shape index (κ2) is 9.19. The molecule has 2 aromatic rings. The van der Waals surface area contributed by atoms with Gasteiger partial charge in [-0.25, -0.2) is 9.78 Å². The Labute approximate surface area is 156 Å². The minimum absolute atomic E-state index is 0.181. The number of carboxylic acid groups (broad SMARTS) is 1. The molecule has 1 aromatic carbocycles. The van der Waals surface area contributed by atoms with Gasteiger partial charge in [-0.3, -0.25) is 4.79 Å². The third-order valence-corrected chi connectivity index (χ3v) is 4.69. The van der Waals surface area contributed by atoms with E-state index in [9.17, 15) is 14.7 Å². The van der Waals surface area contributed by atoms with Crippen LogP contribution in [0.4, 0.5) is 0 Å². The Balaban J connectivity index is 2.11. The van der Waals surface area contributed by atoms with Gasteiger partial charge in [-0.2, -0.15) is 0 Å². The zero-order chi connectivity index (χ0) is 19.1. The van der Waals surface area contributed by atoms with Crippen LogP contribution in [0.3, 0.4) is 0 Å². The third kappa shape index (κ3) is 4.95. The molecule has 26 heavy (non-hydrogen) atoms. The number of nitrogens with zero attached hydrogens (tertiary/aromatic N) is 1. The molecule has 7 nitrogen and oxygen atoms in total. The van der Waals surface area contributed by atoms with Crippen molar-refractivity contribution in [2.45, 2.75) is 32.9 Å². The van der Waals surface area contributed by atoms with Crippen LogP contribution in [-0.4, -0.2) is 35.1 Å². The van der Waals surface area contributed by atoms with Gasteiger partial charge in [0, 0.05) is 10.9 Å². The minimum Gasteiger partial charge on any atom is -0.493 e. The molecule has 0 saturated carbocycles. The highest BCUT2D eigenvalue weighted by Gasteiger charge is 2.26. The molecule has 0 aliphatic carbocycles. The number of carbonyl (C=O) groups is 2. The lowest BCUT2D eigenvalue weighted by molar-refractivity contribution is -0.140. The van der Waals surface area contributed by atoms with E-state index in [1.165, 1.54) is 24.5 Å². The van der Waals surface area contributed by atoms with Gasteiger partial charge < -0.3 is 19.9 Å². The van der Waals surface area contributed by atoms with E-state index in [0.29, 0.717) is 30.1 Å². The van der Waals surface area contributed by atoms with E-state index in [1.54, 1.807) is 24.6 Å². The Morgan fingerprint density at radius 2 is 2.12 bits per heavy atom. The van der Waals surface area contributed by atoms with Crippen LogP contribution in [0.25, 0.3) is 0 Å². The van der Waals surface area contributed by atoms with Crippen molar-refractivity contribution in [2.24, 2.45) is 5.92 Å². The maximum atomic E-state index is 12.4. The fraction of sp³-hybridized carbons (Fsp3) is 0.389. The standard InChI is InChI=1S/C18H22N2O5S/c1-4-11(2)16(18(22)23)20-17(21)12-5-6-14(15(7-12)24-3)25-8-13-9-26-10-19-13/h5-7,9-11,16H,4,8H2,1-3H3,(H,20,21)(H,22,23). The average molecular weight is 378 g/mol. The van der Waals surface area contributed by atoms with Gasteiger partial charge in [0.25, 0.3) is 5.91 Å². The monoisotopic (exact) mass is 378 g/mol. The number of rotatable bonds is 9. The molecule has 0 fully saturated rings. The zero-order valence-corrected chi connectivity index (χ0v) is 15.7. The summed E-state index contributed by atoms with van der Waals surface area (Å²) < 4.78 is 11.0. The van der Waals surface area contributed by atoms with E-state index in [2.05, 4.69) is 10.3 Å². The summed E-state index contributed by atoms with van der Waals surface area (Å²) in [5, 5.41) is 13.8. The number of carbonyl (C=O) groups excluding carboxylic acids is 1. The number of ether oxygens (including phenoxy) is 2. The molecule has 0 aliphatic heterocycles. The second-order valence-corrected chi connectivity index (χ2v) is 6.53. The van der Waals surface area contributed by atoms with Gasteiger partial charge in [0.15, 0.2) is 11.5 Å². The molecule has 1 amide bonds. The van der Waals surface area contributed by atoms with Crippen molar-refractivity contribution in [1.82, 2.24) is 10.3 Å². The maximum absolute atomic E-state index is 12.4. The van der Waals surface area contributed by atoms with E-state index >= 15 is 0 Å². The van der Waals surface area contributed by atoms with Gasteiger partial charge in [-0.1, -0.05) is 20.3 Å². The third-order valence-electron chi connectivity index (χ3n) is 4.05. The number of carboxylic acids is 1. The van der Waals surface area contributed by atoms with E-state index < -0.39 is 17.9 Å². The maximum Gasteiger partial charge on any atom is 0.326 e. The SMILES string of the molecule is CCC(C)C(NC(=O)c1ccc(OCc2cscn2)c(OC)c1)C(=O)O. The number of aliphatic carboxylic acids is 1. The highest BCUT2D eigenvalue weighted by molar-refractivity contribution is 7.07. The zero-order valence-electron chi connectivity index (χ0n) is 14.9. The van der Waals surface area contributed by atoms with Crippen LogP contribution in [-0.2, 0) is 11.4 Å². The predicted molar refractivity (Wildman–Crippen MR) is 97.8 cm³/mol. The molecule has 1 aromatic heterocycles. The first kappa shape index (κ1) is 19.7. The molecule has 0 saturated heterocycles. The summed E-state index contributed by atoms with van der Waals surface area (Å²) in [6.07, 6.45) is 0.643. The second-order valence-electron chi connectivity index (χ2n) is 5.81. The predicted octanol–water partition coefficient (Wildman–Crippen LogP) is 2.96. The molecule has 0 spiro atoms. The number of nitrogens with one attached hydrogen (secondary N) is 1. The number of hydrogen-bond acceptors (Lipinski definition) is 6. The van der Waals surface area contributed by atoms with Crippen molar-refractivity contribution in [3.63, 3.8) is 0 Å². The Morgan fingerprint density at radius 1 is 1.35 bits per heavy atom. The van der Waals surface area contributed by atoms with Crippen LogP contribution < -0.4 is 14.8 Å². The molecule has 0 radical (unpaired) electrons. The molecule has 2 atom stereocenters. The van der Waals surface area contributed by atoms with Crippen LogP contribution in [0.2, 0.25) is 0 Å². The smallest absolute Gasteiger partial charge is 0.326 e. The quantitative estimate of drug-likeness (QED) is 0.696. The average Bonchev–Trinajstić information content (AvgIpc) is 3.16. The Hall–Kier alpha value is -2.61. The number of aromatic nitrogens is 1. The van der Waals surface area contributed by atoms with E-state index in [1.807, 2.05) is 12.3 Å². The van der Waals surface area contributed by atoms with Gasteiger partial charge in [-0.15, -0.1) is 11.3 Å². The summed E-state index contributed by atoms with van der Waals surface area (Å²) >= 11 is 1.48. The lowest BCUT2D eigenvalue weighted by Gasteiger charge is -2.20. The summed E-state index contributed by atoms with van der Waals surface area (Å²) in [6.45, 7) is 3.96. The summed E-state index contributed by atoms with van der Waals surface area (Å²) in [5.41, 5.74) is 2.83. The van der Waals surface area contributed by atoms with E-state index in [-0.39, 0.29) is 5.92 Å². The van der Waals surface area contributed by atoms with Crippen LogP contribution in [0, 0.1) is 5.92 Å². The molecule has 2 rings (SSSR count). The molecule has 0 bridgehead atoms. The van der Waals surface area contributed by atoms with Gasteiger partial charge in [0.1, 0.15) is 12.6 Å². The van der Waals surface area contributed by atoms with E-state index in [4.69, 9.17) is 9.47 Å². The topological polar surface area (TPSA) is 97.8 Å². The normalized spacial score (nSPS) is 12.9. The number of methoxy groups -OCH3 is 1. The number of thiazole rings is 1. The van der Waals surface area contributed by atoms with Crippen molar-refractivity contribution in [1.29, 1.82) is 0 Å². The van der Waals surface area contributed by atoms with Crippen molar-refractivity contribution >= 4 is 23.2 Å². The van der Waals surface area contributed by atoms with Gasteiger partial charge in [-0.05, 0) is 24.1 Å². The summed E-state index contributed by atoms with van der Waals surface area (Å²) in [5.74, 6) is -0.832. The molecule has 2 N–H and O–H groups in total. The molecule has 1 heterocycles. The number of hydrogen-bond donors (Lipinski definition) is 2. The molecular formula is C18H22N2O5S. The van der Waals surface area contributed by atoms with Crippen LogP contribution in [0.5, 0.6) is 11.5 Å². The van der Waals surface area contributed by atoms with Crippen molar-refractivity contribution < 1.29 is 24.2 Å². The van der Waals surface area contributed by atoms with Crippen LogP contribution in [0.1, 0.15) is 36.3 Å². The first-order valence-corrected chi connectivity index (χ1v) is 9.12. The van der Waals surface area contributed by atoms with Crippen molar-refractivity contribution in [3.05, 3.63) is 40.3 Å². The fourth-order valence-corrected chi connectivity index (χ4v) is 2.84. The highest BCUT2D eigenvalue weighted by Crippen LogP contribution is 2.29. The van der Waals surface area contributed by atoms with Crippen molar-refractivity contribution in [2.75, 3.05) is 7.11 Å². The molecular weight excluding hydrogens is 356 g/mol. The van der Waals surface area contributed by atoms with Crippen molar-refractivity contribution in [3.8, 4) is 11.5 Å². The largest absolute Gasteiger partial charge is 0.493 e. The first-order valence-electron chi connectivity index (χ1n) is 8.17. The highest BCUT2D eigenvalue weighted by atomic mass is 32.1. The molecule has 2 unspecified atom stereocenters. The van der Waals surface area contributed by atoms with Gasteiger partial charge >= 0.3 is 5.97 Å². The Kier molecular flexibility index (Phi) is 6.97. The summed E-state index contributed by atoms with van der Waals surface area (Å²) in [7, 11) is 1.48. The number of benzene rings is 1. The fourth-order valence-electron chi connectivity index (χ4n) is 2.30. The lowest BCUT2D eigenvalue weighted by Crippen LogP contribution is -2.45. The number of amides is 1. The molecule has 0 aliphatic rings. The first-order chi connectivity index (χ1) is 12.5. The van der Waals surface area contributed by atoms with Gasteiger partial charge in [0.2, 0.25) is 0 Å². The lowest BCUT2D eigenvalue weighted by atomic mass is 9.99. The van der Waals surface area contributed by atoms with E-state index in [0.717, 1.165) is 5.69 Å². The summed E-state index contributed by atoms with van der Waals surface area (Å²) in [6, 6.07) is 3.78. The Bertz CT molecular complexity index is 748. The van der Waals surface area contributed by atoms with Crippen LogP contribution in [0.15, 0.2) is 29.1 Å². The van der Waals surface area contributed by atoms with Gasteiger partial charge in [0.05, 0.1) is 18.3 Å². The minimum atomic E-state index is -1.05. The Morgan fingerprint density at radius 3 is 2.69 bits per heavy atom. The summed E-state index contributed by atoms with van der Waals surface area (Å²) in [4.78, 5) is 27.9. The molecule has 8 heteroatoms.